The van der Waals surface area contributed by atoms with Gasteiger partial charge in [-0.05, 0) is 98.2 Å². The number of anilines is 1. The summed E-state index contributed by atoms with van der Waals surface area (Å²) in [6.45, 7) is 6.53. The summed E-state index contributed by atoms with van der Waals surface area (Å²) in [7, 11) is 0. The lowest BCUT2D eigenvalue weighted by Crippen LogP contribution is -2.29. The highest BCUT2D eigenvalue weighted by atomic mass is 79.9. The number of hydrogen-bond donors (Lipinski definition) is 1. The first kappa shape index (κ1) is 22.8. The molecule has 1 N–H and O–H groups in total. The Bertz CT molecular complexity index is 1310. The fourth-order valence-corrected chi connectivity index (χ4v) is 5.53. The average Bonchev–Trinajstić information content (AvgIpc) is 3.35. The van der Waals surface area contributed by atoms with E-state index in [1.165, 1.54) is 22.5 Å². The summed E-state index contributed by atoms with van der Waals surface area (Å²) in [6, 6.07) is 25.4. The first-order valence-electron chi connectivity index (χ1n) is 11.5. The van der Waals surface area contributed by atoms with E-state index in [-0.39, 0.29) is 12.1 Å². The van der Waals surface area contributed by atoms with E-state index < -0.39 is 0 Å². The van der Waals surface area contributed by atoms with Gasteiger partial charge < -0.3 is 14.8 Å². The molecule has 4 nitrogen and oxygen atoms in total. The quantitative estimate of drug-likeness (QED) is 0.282. The lowest BCUT2D eigenvalue weighted by Gasteiger charge is -2.28. The second-order valence-electron chi connectivity index (χ2n) is 8.65. The molecule has 5 rings (SSSR count). The van der Waals surface area contributed by atoms with Gasteiger partial charge in [0.1, 0.15) is 0 Å². The molecule has 0 saturated carbocycles. The zero-order valence-corrected chi connectivity index (χ0v) is 21.9. The third-order valence-corrected chi connectivity index (χ3v) is 7.44. The molecule has 6 heteroatoms. The molecule has 3 heterocycles. The second-order valence-corrected chi connectivity index (χ2v) is 9.96. The third kappa shape index (κ3) is 4.05. The van der Waals surface area contributed by atoms with Crippen LogP contribution < -0.4 is 10.2 Å². The smallest absolute Gasteiger partial charge is 0.174 e. The van der Waals surface area contributed by atoms with Crippen LogP contribution in [0, 0.1) is 13.8 Å². The number of halogens is 1. The summed E-state index contributed by atoms with van der Waals surface area (Å²) >= 11 is 9.46. The summed E-state index contributed by atoms with van der Waals surface area (Å²) in [5.41, 5.74) is 8.16. The van der Waals surface area contributed by atoms with Crippen molar-refractivity contribution in [2.24, 2.45) is 0 Å². The number of nitrogens with zero attached hydrogens (tertiary/aromatic N) is 3. The Morgan fingerprint density at radius 1 is 0.971 bits per heavy atom. The van der Waals surface area contributed by atoms with Crippen molar-refractivity contribution in [3.05, 3.63) is 112 Å². The number of aryl methyl sites for hydroxylation is 2. The van der Waals surface area contributed by atoms with E-state index in [4.69, 9.17) is 17.2 Å². The summed E-state index contributed by atoms with van der Waals surface area (Å²) in [5, 5.41) is 4.30. The minimum absolute atomic E-state index is 0.0229. The van der Waals surface area contributed by atoms with Crippen molar-refractivity contribution in [2.75, 3.05) is 4.90 Å². The largest absolute Gasteiger partial charge is 0.351 e. The molecule has 0 amide bonds. The highest BCUT2D eigenvalue weighted by Gasteiger charge is 2.42. The topological polar surface area (TPSA) is 33.1 Å². The number of benzene rings is 2. The molecule has 0 radical (unpaired) electrons. The van der Waals surface area contributed by atoms with Crippen molar-refractivity contribution in [3.63, 3.8) is 0 Å². The molecule has 2 aromatic heterocycles. The van der Waals surface area contributed by atoms with Crippen LogP contribution in [-0.4, -0.2) is 14.7 Å². The van der Waals surface area contributed by atoms with Crippen LogP contribution in [-0.2, 0) is 6.42 Å². The van der Waals surface area contributed by atoms with Crippen molar-refractivity contribution >= 4 is 38.9 Å². The molecule has 0 bridgehead atoms. The number of rotatable bonds is 5. The van der Waals surface area contributed by atoms with Crippen LogP contribution in [0.4, 0.5) is 5.69 Å². The van der Waals surface area contributed by atoms with Crippen molar-refractivity contribution in [2.45, 2.75) is 39.3 Å². The lowest BCUT2D eigenvalue weighted by atomic mass is 9.96. The molecular formula is C28H27BrN4S. The maximum Gasteiger partial charge on any atom is 0.174 e. The molecule has 1 saturated heterocycles. The van der Waals surface area contributed by atoms with Crippen LogP contribution in [0.1, 0.15) is 47.2 Å². The molecule has 2 atom stereocenters. The van der Waals surface area contributed by atoms with Crippen molar-refractivity contribution in [3.8, 4) is 5.69 Å². The van der Waals surface area contributed by atoms with Crippen LogP contribution in [0.25, 0.3) is 5.69 Å². The van der Waals surface area contributed by atoms with Crippen LogP contribution in [0.2, 0.25) is 0 Å². The van der Waals surface area contributed by atoms with Crippen molar-refractivity contribution in [1.29, 1.82) is 0 Å². The predicted octanol–water partition coefficient (Wildman–Crippen LogP) is 6.99. The maximum atomic E-state index is 5.90. The molecule has 1 fully saturated rings. The van der Waals surface area contributed by atoms with E-state index in [0.29, 0.717) is 0 Å². The zero-order chi connectivity index (χ0) is 23.8. The Labute approximate surface area is 214 Å². The van der Waals surface area contributed by atoms with Crippen molar-refractivity contribution < 1.29 is 0 Å². The number of aromatic nitrogens is 2. The molecule has 0 aliphatic carbocycles. The molecule has 0 spiro atoms. The number of hydrogen-bond acceptors (Lipinski definition) is 2. The van der Waals surface area contributed by atoms with E-state index in [1.54, 1.807) is 0 Å². The molecule has 34 heavy (non-hydrogen) atoms. The molecule has 1 aliphatic heterocycles. The van der Waals surface area contributed by atoms with E-state index >= 15 is 0 Å². The van der Waals surface area contributed by atoms with Gasteiger partial charge in [-0.1, -0.05) is 41.1 Å². The Kier molecular flexibility index (Phi) is 6.28. The van der Waals surface area contributed by atoms with Crippen LogP contribution in [0.5, 0.6) is 0 Å². The van der Waals surface area contributed by atoms with Gasteiger partial charge in [-0.25, -0.2) is 0 Å². The van der Waals surface area contributed by atoms with Gasteiger partial charge in [-0.2, -0.15) is 0 Å². The van der Waals surface area contributed by atoms with Gasteiger partial charge in [0.15, 0.2) is 5.11 Å². The SMILES string of the molecule is CCc1ccc(N2C(=S)N[C@H](c3ccccn3)[C@H]2c2cc(C)n(-c3ccc(Br)cc3)c2C)cc1. The normalized spacial score (nSPS) is 17.8. The standard InChI is InChI=1S/C28H27BrN4S/c1-4-20-8-12-23(13-9-20)33-27(26(31-28(33)34)25-7-5-6-16-30-25)24-17-18(2)32(19(24)3)22-14-10-21(29)11-15-22/h5-17,26-27H,4H2,1-3H3,(H,31,34)/t26-,27-/m1/s1. The molecule has 1 aliphatic rings. The number of nitrogens with one attached hydrogen (secondary N) is 1. The lowest BCUT2D eigenvalue weighted by molar-refractivity contribution is 0.565. The maximum absolute atomic E-state index is 5.90. The molecule has 4 aromatic rings. The zero-order valence-electron chi connectivity index (χ0n) is 19.5. The first-order chi connectivity index (χ1) is 16.5. The first-order valence-corrected chi connectivity index (χ1v) is 12.7. The van der Waals surface area contributed by atoms with Gasteiger partial charge in [0, 0.05) is 33.4 Å². The molecular weight excluding hydrogens is 504 g/mol. The van der Waals surface area contributed by atoms with Gasteiger partial charge in [0.2, 0.25) is 0 Å². The van der Waals surface area contributed by atoms with Crippen molar-refractivity contribution in [1.82, 2.24) is 14.9 Å². The predicted molar refractivity (Wildman–Crippen MR) is 147 cm³/mol. The fraction of sp³-hybridized carbons (Fsp3) is 0.214. The minimum atomic E-state index is -0.0570. The van der Waals surface area contributed by atoms with E-state index in [2.05, 4.69) is 112 Å². The summed E-state index contributed by atoms with van der Waals surface area (Å²) < 4.78 is 3.39. The highest BCUT2D eigenvalue weighted by Crippen LogP contribution is 2.43. The van der Waals surface area contributed by atoms with Gasteiger partial charge >= 0.3 is 0 Å². The third-order valence-electron chi connectivity index (χ3n) is 6.59. The Morgan fingerprint density at radius 3 is 2.32 bits per heavy atom. The highest BCUT2D eigenvalue weighted by molar-refractivity contribution is 9.10. The van der Waals surface area contributed by atoms with Gasteiger partial charge in [0.05, 0.1) is 17.8 Å². The van der Waals surface area contributed by atoms with Crippen LogP contribution in [0.3, 0.4) is 0 Å². The minimum Gasteiger partial charge on any atom is -0.351 e. The molecule has 0 unspecified atom stereocenters. The summed E-state index contributed by atoms with van der Waals surface area (Å²) in [5.74, 6) is 0. The Balaban J connectivity index is 1.66. The Morgan fingerprint density at radius 2 is 1.68 bits per heavy atom. The van der Waals surface area contributed by atoms with Crippen LogP contribution >= 0.6 is 28.1 Å². The summed E-state index contributed by atoms with van der Waals surface area (Å²) in [4.78, 5) is 6.94. The molecule has 172 valence electrons. The Hall–Kier alpha value is -2.96. The van der Waals surface area contributed by atoms with Gasteiger partial charge in [0.25, 0.3) is 0 Å². The molecule has 2 aromatic carbocycles. The van der Waals surface area contributed by atoms with Crippen LogP contribution in [0.15, 0.2) is 83.5 Å². The monoisotopic (exact) mass is 530 g/mol. The second kappa shape index (κ2) is 9.35. The number of pyridine rings is 1. The fourth-order valence-electron chi connectivity index (χ4n) is 4.92. The van der Waals surface area contributed by atoms with E-state index in [1.807, 2.05) is 18.3 Å². The number of thiocarbonyl (C=S) groups is 1. The van der Waals surface area contributed by atoms with E-state index in [9.17, 15) is 0 Å². The van der Waals surface area contributed by atoms with Gasteiger partial charge in [-0.3, -0.25) is 4.98 Å². The van der Waals surface area contributed by atoms with E-state index in [0.717, 1.165) is 33.1 Å². The summed E-state index contributed by atoms with van der Waals surface area (Å²) in [6.07, 6.45) is 2.86. The average molecular weight is 532 g/mol. The van der Waals surface area contributed by atoms with Gasteiger partial charge in [-0.15, -0.1) is 0 Å².